The molecule has 0 radical (unpaired) electrons. The Morgan fingerprint density at radius 3 is 2.39 bits per heavy atom. The van der Waals surface area contributed by atoms with Crippen LogP contribution in [-0.4, -0.2) is 69.3 Å². The Morgan fingerprint density at radius 2 is 1.91 bits per heavy atom. The molecule has 0 saturated carbocycles. The maximum atomic E-state index is 12.0. The third kappa shape index (κ3) is 7.60. The normalized spacial score (nSPS) is 21.7. The van der Waals surface area contributed by atoms with Crippen LogP contribution in [0.5, 0.6) is 0 Å². The average Bonchev–Trinajstić information content (AvgIpc) is 2.71. The molecular weight excluding hydrogens is 344 g/mol. The molecule has 8 nitrogen and oxygen atoms in total. The van der Waals surface area contributed by atoms with Crippen LogP contribution < -0.4 is 4.72 Å². The molecular formula is C13H26N2O6S2. The zero-order valence-electron chi connectivity index (χ0n) is 13.7. The van der Waals surface area contributed by atoms with Crippen LogP contribution in [0.3, 0.4) is 0 Å². The molecule has 0 aromatic heterocycles. The fourth-order valence-electron chi connectivity index (χ4n) is 2.91. The van der Waals surface area contributed by atoms with Gasteiger partial charge in [0.1, 0.15) is 6.04 Å². The Labute approximate surface area is 138 Å². The average molecular weight is 370 g/mol. The number of carbonyl (C=O) groups is 1. The van der Waals surface area contributed by atoms with Crippen LogP contribution in [0, 0.1) is 5.92 Å². The second kappa shape index (κ2) is 7.91. The first kappa shape index (κ1) is 20.3. The number of sulfonamides is 1. The first-order valence-corrected chi connectivity index (χ1v) is 11.3. The zero-order chi connectivity index (χ0) is 17.8. The van der Waals surface area contributed by atoms with Gasteiger partial charge < -0.3 is 5.11 Å². The second-order valence-electron chi connectivity index (χ2n) is 6.59. The van der Waals surface area contributed by atoms with Gasteiger partial charge in [-0.2, -0.15) is 0 Å². The largest absolute Gasteiger partial charge is 0.480 e. The van der Waals surface area contributed by atoms with Gasteiger partial charge in [-0.1, -0.05) is 13.8 Å². The van der Waals surface area contributed by atoms with E-state index in [0.29, 0.717) is 19.4 Å². The molecule has 0 bridgehead atoms. The molecule has 1 aliphatic heterocycles. The first-order valence-electron chi connectivity index (χ1n) is 7.54. The molecule has 1 heterocycles. The molecule has 136 valence electrons. The lowest BCUT2D eigenvalue weighted by Crippen LogP contribution is -2.48. The summed E-state index contributed by atoms with van der Waals surface area (Å²) in [6.45, 7) is 4.71. The lowest BCUT2D eigenvalue weighted by atomic mass is 10.0. The molecule has 2 N–H and O–H groups in total. The standard InChI is InChI=1S/C13H26N2O6S2/c1-10(2)7-11(14-23(20,21)9-22(3,18)19)8-15-6-4-5-12(15)13(16)17/h10-12,14H,4-9H2,1-3H3,(H,16,17)/t11-,12-/m0/s1. The fourth-order valence-corrected chi connectivity index (χ4v) is 6.11. The van der Waals surface area contributed by atoms with Crippen LogP contribution >= 0.6 is 0 Å². The van der Waals surface area contributed by atoms with Crippen LogP contribution in [0.25, 0.3) is 0 Å². The van der Waals surface area contributed by atoms with Crippen molar-refractivity contribution in [3.8, 4) is 0 Å². The maximum Gasteiger partial charge on any atom is 0.320 e. The molecule has 10 heteroatoms. The quantitative estimate of drug-likeness (QED) is 0.580. The van der Waals surface area contributed by atoms with E-state index in [1.54, 1.807) is 4.90 Å². The second-order valence-corrected chi connectivity index (χ2v) is 10.9. The number of nitrogens with one attached hydrogen (secondary N) is 1. The van der Waals surface area contributed by atoms with E-state index in [4.69, 9.17) is 0 Å². The number of carboxylic acids is 1. The van der Waals surface area contributed by atoms with Gasteiger partial charge in [0.15, 0.2) is 14.9 Å². The van der Waals surface area contributed by atoms with Crippen molar-refractivity contribution in [3.05, 3.63) is 0 Å². The van der Waals surface area contributed by atoms with Gasteiger partial charge in [-0.05, 0) is 31.7 Å². The summed E-state index contributed by atoms with van der Waals surface area (Å²) in [4.78, 5) is 13.0. The van der Waals surface area contributed by atoms with E-state index < -0.39 is 43.0 Å². The highest BCUT2D eigenvalue weighted by Gasteiger charge is 2.33. The molecule has 2 atom stereocenters. The molecule has 1 fully saturated rings. The molecule has 23 heavy (non-hydrogen) atoms. The van der Waals surface area contributed by atoms with Gasteiger partial charge in [0.25, 0.3) is 0 Å². The number of hydrogen-bond donors (Lipinski definition) is 2. The van der Waals surface area contributed by atoms with Gasteiger partial charge >= 0.3 is 5.97 Å². The summed E-state index contributed by atoms with van der Waals surface area (Å²) >= 11 is 0. The van der Waals surface area contributed by atoms with Gasteiger partial charge in [0, 0.05) is 18.8 Å². The first-order chi connectivity index (χ1) is 10.4. The lowest BCUT2D eigenvalue weighted by molar-refractivity contribution is -0.142. The van der Waals surface area contributed by atoms with Gasteiger partial charge in [-0.3, -0.25) is 9.69 Å². The summed E-state index contributed by atoms with van der Waals surface area (Å²) in [5.41, 5.74) is 0. The summed E-state index contributed by atoms with van der Waals surface area (Å²) < 4.78 is 48.9. The summed E-state index contributed by atoms with van der Waals surface area (Å²) in [7, 11) is -7.64. The van der Waals surface area contributed by atoms with Crippen molar-refractivity contribution in [2.75, 3.05) is 24.4 Å². The molecule has 0 aromatic carbocycles. The van der Waals surface area contributed by atoms with Gasteiger partial charge in [-0.15, -0.1) is 0 Å². The third-order valence-corrected chi connectivity index (χ3v) is 7.22. The molecule has 0 amide bonds. The van der Waals surface area contributed by atoms with Crippen LogP contribution in [0.4, 0.5) is 0 Å². The van der Waals surface area contributed by atoms with E-state index in [1.807, 2.05) is 13.8 Å². The molecule has 1 rings (SSSR count). The van der Waals surface area contributed by atoms with Gasteiger partial charge in [0.05, 0.1) is 0 Å². The highest BCUT2D eigenvalue weighted by molar-refractivity contribution is 8.06. The van der Waals surface area contributed by atoms with E-state index in [9.17, 15) is 26.7 Å². The van der Waals surface area contributed by atoms with Crippen molar-refractivity contribution < 1.29 is 26.7 Å². The Kier molecular flexibility index (Phi) is 6.99. The topological polar surface area (TPSA) is 121 Å². The highest BCUT2D eigenvalue weighted by atomic mass is 32.3. The minimum absolute atomic E-state index is 0.187. The maximum absolute atomic E-state index is 12.0. The van der Waals surface area contributed by atoms with E-state index in [0.717, 1.165) is 12.7 Å². The van der Waals surface area contributed by atoms with Crippen molar-refractivity contribution in [2.45, 2.75) is 45.2 Å². The van der Waals surface area contributed by atoms with Crippen LogP contribution in [0.15, 0.2) is 0 Å². The van der Waals surface area contributed by atoms with E-state index in [1.165, 1.54) is 0 Å². The smallest absolute Gasteiger partial charge is 0.320 e. The third-order valence-electron chi connectivity index (χ3n) is 3.57. The predicted octanol–water partition coefficient (Wildman–Crippen LogP) is -0.128. The van der Waals surface area contributed by atoms with Crippen molar-refractivity contribution in [3.63, 3.8) is 0 Å². The summed E-state index contributed by atoms with van der Waals surface area (Å²) in [6, 6.07) is -1.12. The van der Waals surface area contributed by atoms with Crippen LogP contribution in [0.1, 0.15) is 33.1 Å². The van der Waals surface area contributed by atoms with E-state index in [-0.39, 0.29) is 12.5 Å². The number of sulfone groups is 1. The molecule has 1 aliphatic rings. The monoisotopic (exact) mass is 370 g/mol. The highest BCUT2D eigenvalue weighted by Crippen LogP contribution is 2.19. The van der Waals surface area contributed by atoms with E-state index in [2.05, 4.69) is 4.72 Å². The number of rotatable bonds is 9. The van der Waals surface area contributed by atoms with Crippen molar-refractivity contribution >= 4 is 25.8 Å². The number of likely N-dealkylation sites (tertiary alicyclic amines) is 1. The molecule has 0 aromatic rings. The predicted molar refractivity (Wildman–Crippen MR) is 87.2 cm³/mol. The van der Waals surface area contributed by atoms with Crippen LogP contribution in [0.2, 0.25) is 0 Å². The number of aliphatic carboxylic acids is 1. The minimum atomic E-state index is -3.98. The molecule has 0 aliphatic carbocycles. The Morgan fingerprint density at radius 1 is 1.30 bits per heavy atom. The van der Waals surface area contributed by atoms with Crippen molar-refractivity contribution in [1.82, 2.24) is 9.62 Å². The fraction of sp³-hybridized carbons (Fsp3) is 0.923. The van der Waals surface area contributed by atoms with Crippen LogP contribution in [-0.2, 0) is 24.7 Å². The summed E-state index contributed by atoms with van der Waals surface area (Å²) in [6.07, 6.45) is 2.66. The molecule has 0 spiro atoms. The summed E-state index contributed by atoms with van der Waals surface area (Å²) in [5.74, 6) is -0.725. The SMILES string of the molecule is CC(C)C[C@@H](CN1CCC[C@H]1C(=O)O)NS(=O)(=O)CS(C)(=O)=O. The Hall–Kier alpha value is -0.710. The Bertz CT molecular complexity index is 614. The van der Waals surface area contributed by atoms with Crippen molar-refractivity contribution in [2.24, 2.45) is 5.92 Å². The Balaban J connectivity index is 2.82. The summed E-state index contributed by atoms with van der Waals surface area (Å²) in [5, 5.41) is 8.24. The van der Waals surface area contributed by atoms with Crippen molar-refractivity contribution in [1.29, 1.82) is 0 Å². The van der Waals surface area contributed by atoms with Gasteiger partial charge in [0.2, 0.25) is 10.0 Å². The van der Waals surface area contributed by atoms with E-state index >= 15 is 0 Å². The van der Waals surface area contributed by atoms with Gasteiger partial charge in [-0.25, -0.2) is 21.6 Å². The lowest BCUT2D eigenvalue weighted by Gasteiger charge is -2.28. The number of hydrogen-bond acceptors (Lipinski definition) is 6. The number of nitrogens with zero attached hydrogens (tertiary/aromatic N) is 1. The zero-order valence-corrected chi connectivity index (χ0v) is 15.4. The molecule has 0 unspecified atom stereocenters. The minimum Gasteiger partial charge on any atom is -0.480 e. The number of carboxylic acid groups (broad SMARTS) is 1. The molecule has 1 saturated heterocycles.